The van der Waals surface area contributed by atoms with E-state index in [0.717, 1.165) is 39.2 Å². The van der Waals surface area contributed by atoms with Crippen molar-refractivity contribution in [2.24, 2.45) is 0 Å². The minimum absolute atomic E-state index is 0.0172. The normalized spacial score (nSPS) is 18.3. The summed E-state index contributed by atoms with van der Waals surface area (Å²) in [4.78, 5) is 4.74. The van der Waals surface area contributed by atoms with E-state index in [2.05, 4.69) is 16.0 Å². The van der Waals surface area contributed by atoms with Crippen molar-refractivity contribution >= 4 is 32.0 Å². The molecular weight excluding hydrogens is 394 g/mol. The topological polar surface area (TPSA) is 73.2 Å². The first-order valence-electron chi connectivity index (χ1n) is 9.13. The molecule has 0 spiro atoms. The summed E-state index contributed by atoms with van der Waals surface area (Å²) in [6.45, 7) is 4.07. The maximum atomic E-state index is 11.9. The van der Waals surface area contributed by atoms with Crippen LogP contribution in [0.1, 0.15) is 23.9 Å². The predicted octanol–water partition coefficient (Wildman–Crippen LogP) is 4.34. The Labute approximate surface area is 169 Å². The highest BCUT2D eigenvalue weighted by molar-refractivity contribution is 7.91. The van der Waals surface area contributed by atoms with Crippen LogP contribution in [0.5, 0.6) is 5.75 Å². The molecular formula is C20H23N3O3S2. The van der Waals surface area contributed by atoms with E-state index in [1.165, 1.54) is 11.3 Å². The first-order chi connectivity index (χ1) is 13.4. The number of thiazole rings is 1. The van der Waals surface area contributed by atoms with E-state index in [9.17, 15) is 8.42 Å². The molecule has 1 N–H and O–H groups in total. The lowest BCUT2D eigenvalue weighted by molar-refractivity contribution is 0.417. The molecule has 3 heterocycles. The third-order valence-electron chi connectivity index (χ3n) is 5.19. The maximum Gasteiger partial charge on any atom is 0.187 e. The second kappa shape index (κ2) is 7.25. The van der Waals surface area contributed by atoms with E-state index in [4.69, 9.17) is 9.72 Å². The van der Waals surface area contributed by atoms with Gasteiger partial charge in [-0.05, 0) is 38.5 Å². The van der Waals surface area contributed by atoms with Gasteiger partial charge in [0.05, 0.1) is 30.0 Å². The number of aryl methyl sites for hydroxylation is 1. The minimum Gasteiger partial charge on any atom is -0.495 e. The second-order valence-electron chi connectivity index (χ2n) is 7.07. The number of nitrogens with one attached hydrogen (secondary N) is 1. The van der Waals surface area contributed by atoms with E-state index in [1.54, 1.807) is 7.11 Å². The molecule has 3 aromatic rings. The van der Waals surface area contributed by atoms with Crippen molar-refractivity contribution in [1.82, 2.24) is 9.55 Å². The highest BCUT2D eigenvalue weighted by atomic mass is 32.2. The zero-order valence-corrected chi connectivity index (χ0v) is 17.7. The van der Waals surface area contributed by atoms with Gasteiger partial charge in [0.2, 0.25) is 0 Å². The quantitative estimate of drug-likeness (QED) is 0.668. The lowest BCUT2D eigenvalue weighted by atomic mass is 10.2. The minimum atomic E-state index is -2.93. The summed E-state index contributed by atoms with van der Waals surface area (Å²) in [6.07, 6.45) is 0.676. The molecule has 1 aliphatic rings. The summed E-state index contributed by atoms with van der Waals surface area (Å²) < 4.78 is 31.3. The summed E-state index contributed by atoms with van der Waals surface area (Å²) in [5.74, 6) is 1.26. The molecule has 1 aliphatic heterocycles. The standard InChI is InChI=1S/C20H23N3O3S2/c1-13-10-16(14(2)23(13)15-8-9-28(24,25)12-15)18-11-27-20(22-18)21-17-6-4-5-7-19(17)26-3/h4-7,10-11,15H,8-9,12H2,1-3H3,(H,21,22)/t15-/m0/s1. The number of hydrogen-bond acceptors (Lipinski definition) is 6. The summed E-state index contributed by atoms with van der Waals surface area (Å²) in [5.41, 5.74) is 4.94. The summed E-state index contributed by atoms with van der Waals surface area (Å²) >= 11 is 1.53. The van der Waals surface area contributed by atoms with Gasteiger partial charge in [0.1, 0.15) is 5.75 Å². The average Bonchev–Trinajstić information content (AvgIpc) is 3.33. The highest BCUT2D eigenvalue weighted by Gasteiger charge is 2.31. The Kier molecular flexibility index (Phi) is 4.93. The van der Waals surface area contributed by atoms with Gasteiger partial charge in [-0.25, -0.2) is 13.4 Å². The maximum absolute atomic E-state index is 11.9. The van der Waals surface area contributed by atoms with Crippen LogP contribution in [0.4, 0.5) is 10.8 Å². The number of anilines is 2. The Morgan fingerprint density at radius 2 is 2.07 bits per heavy atom. The van der Waals surface area contributed by atoms with Crippen molar-refractivity contribution in [3.05, 3.63) is 47.1 Å². The van der Waals surface area contributed by atoms with E-state index in [1.807, 2.05) is 43.5 Å². The molecule has 0 bridgehead atoms. The van der Waals surface area contributed by atoms with Crippen LogP contribution in [0.3, 0.4) is 0 Å². The second-order valence-corrected chi connectivity index (χ2v) is 10.2. The molecule has 1 saturated heterocycles. The summed E-state index contributed by atoms with van der Waals surface area (Å²) in [7, 11) is -1.28. The summed E-state index contributed by atoms with van der Waals surface area (Å²) in [5, 5.41) is 6.12. The van der Waals surface area contributed by atoms with Crippen LogP contribution in [0.25, 0.3) is 11.3 Å². The zero-order valence-electron chi connectivity index (χ0n) is 16.1. The number of rotatable bonds is 5. The predicted molar refractivity (Wildman–Crippen MR) is 114 cm³/mol. The Morgan fingerprint density at radius 1 is 1.29 bits per heavy atom. The molecule has 28 heavy (non-hydrogen) atoms. The van der Waals surface area contributed by atoms with Crippen molar-refractivity contribution < 1.29 is 13.2 Å². The fourth-order valence-corrected chi connectivity index (χ4v) is 6.32. The van der Waals surface area contributed by atoms with Gasteiger partial charge >= 0.3 is 0 Å². The van der Waals surface area contributed by atoms with Crippen LogP contribution in [-0.2, 0) is 9.84 Å². The Bertz CT molecular complexity index is 1120. The molecule has 1 aromatic carbocycles. The van der Waals surface area contributed by atoms with E-state index < -0.39 is 9.84 Å². The number of para-hydroxylation sites is 2. The summed E-state index contributed by atoms with van der Waals surface area (Å²) in [6, 6.07) is 9.84. The molecule has 1 atom stereocenters. The first kappa shape index (κ1) is 19.0. The molecule has 2 aromatic heterocycles. The fraction of sp³-hybridized carbons (Fsp3) is 0.350. The number of benzene rings is 1. The van der Waals surface area contributed by atoms with Gasteiger partial charge in [-0.15, -0.1) is 11.3 Å². The van der Waals surface area contributed by atoms with Crippen LogP contribution in [0.2, 0.25) is 0 Å². The van der Waals surface area contributed by atoms with Crippen LogP contribution in [0.15, 0.2) is 35.7 Å². The van der Waals surface area contributed by atoms with Crippen molar-refractivity contribution in [2.45, 2.75) is 26.3 Å². The molecule has 4 rings (SSSR count). The van der Waals surface area contributed by atoms with E-state index in [-0.39, 0.29) is 17.5 Å². The molecule has 6 nitrogen and oxygen atoms in total. The zero-order chi connectivity index (χ0) is 19.9. The van der Waals surface area contributed by atoms with Crippen molar-refractivity contribution in [1.29, 1.82) is 0 Å². The number of nitrogens with zero attached hydrogens (tertiary/aromatic N) is 2. The van der Waals surface area contributed by atoms with Gasteiger partial charge in [-0.1, -0.05) is 12.1 Å². The van der Waals surface area contributed by atoms with Gasteiger partial charge in [0.15, 0.2) is 15.0 Å². The third-order valence-corrected chi connectivity index (χ3v) is 7.69. The number of hydrogen-bond donors (Lipinski definition) is 1. The van der Waals surface area contributed by atoms with Crippen molar-refractivity contribution in [3.63, 3.8) is 0 Å². The van der Waals surface area contributed by atoms with Crippen LogP contribution in [0, 0.1) is 13.8 Å². The van der Waals surface area contributed by atoms with Gasteiger partial charge in [-0.3, -0.25) is 0 Å². The SMILES string of the molecule is COc1ccccc1Nc1nc(-c2cc(C)n([C@H]3CCS(=O)(=O)C3)c2C)cs1. The number of aromatic nitrogens is 2. The van der Waals surface area contributed by atoms with Crippen molar-refractivity contribution in [3.8, 4) is 17.0 Å². The van der Waals surface area contributed by atoms with E-state index >= 15 is 0 Å². The largest absolute Gasteiger partial charge is 0.495 e. The fourth-order valence-electron chi connectivity index (χ4n) is 3.90. The molecule has 0 amide bonds. The van der Waals surface area contributed by atoms with Crippen molar-refractivity contribution in [2.75, 3.05) is 23.9 Å². The Morgan fingerprint density at radius 3 is 2.79 bits per heavy atom. The van der Waals surface area contributed by atoms with Crippen LogP contribution >= 0.6 is 11.3 Å². The molecule has 0 saturated carbocycles. The molecule has 148 valence electrons. The van der Waals surface area contributed by atoms with Gasteiger partial charge in [-0.2, -0.15) is 0 Å². The third kappa shape index (κ3) is 3.54. The monoisotopic (exact) mass is 417 g/mol. The van der Waals surface area contributed by atoms with E-state index in [0.29, 0.717) is 6.42 Å². The van der Waals surface area contributed by atoms with Crippen LogP contribution < -0.4 is 10.1 Å². The Hall–Kier alpha value is -2.32. The molecule has 0 radical (unpaired) electrons. The molecule has 0 unspecified atom stereocenters. The number of sulfone groups is 1. The number of methoxy groups -OCH3 is 1. The molecule has 0 aliphatic carbocycles. The van der Waals surface area contributed by atoms with Gasteiger partial charge in [0, 0.05) is 28.4 Å². The smallest absolute Gasteiger partial charge is 0.187 e. The highest BCUT2D eigenvalue weighted by Crippen LogP contribution is 2.36. The molecule has 1 fully saturated rings. The average molecular weight is 418 g/mol. The number of ether oxygens (including phenoxy) is 1. The lowest BCUT2D eigenvalue weighted by Crippen LogP contribution is -2.13. The molecule has 8 heteroatoms. The Balaban J connectivity index is 1.62. The van der Waals surface area contributed by atoms with Gasteiger partial charge < -0.3 is 14.6 Å². The van der Waals surface area contributed by atoms with Crippen LogP contribution in [-0.4, -0.2) is 36.6 Å². The van der Waals surface area contributed by atoms with Gasteiger partial charge in [0.25, 0.3) is 0 Å². The first-order valence-corrected chi connectivity index (χ1v) is 11.8. The lowest BCUT2D eigenvalue weighted by Gasteiger charge is -2.16.